The summed E-state index contributed by atoms with van der Waals surface area (Å²) in [5, 5.41) is 5.30. The molecule has 1 heterocycles. The Morgan fingerprint density at radius 2 is 1.82 bits per heavy atom. The highest BCUT2D eigenvalue weighted by molar-refractivity contribution is 9.10. The SMILES string of the molecule is Cn1cc2c(NS(=O)(=O)c3ccc(Br)cc3)c(CC3CCCCC3)ccc2n1. The monoisotopic (exact) mass is 461 g/mol. The minimum absolute atomic E-state index is 0.250. The topological polar surface area (TPSA) is 64.0 Å². The quantitative estimate of drug-likeness (QED) is 0.563. The van der Waals surface area contributed by atoms with Crippen molar-refractivity contribution >= 4 is 42.5 Å². The zero-order valence-corrected chi connectivity index (χ0v) is 18.3. The van der Waals surface area contributed by atoms with Crippen molar-refractivity contribution in [3.8, 4) is 0 Å². The van der Waals surface area contributed by atoms with E-state index in [-0.39, 0.29) is 4.90 Å². The van der Waals surface area contributed by atoms with Crippen LogP contribution in [0.3, 0.4) is 0 Å². The van der Waals surface area contributed by atoms with E-state index in [1.54, 1.807) is 28.9 Å². The van der Waals surface area contributed by atoms with Crippen molar-refractivity contribution in [2.45, 2.75) is 43.4 Å². The van der Waals surface area contributed by atoms with E-state index in [0.717, 1.165) is 27.4 Å². The van der Waals surface area contributed by atoms with Crippen LogP contribution in [0.4, 0.5) is 5.69 Å². The molecule has 1 aromatic heterocycles. The number of aromatic nitrogens is 2. The first-order chi connectivity index (χ1) is 13.4. The van der Waals surface area contributed by atoms with E-state index in [9.17, 15) is 8.42 Å². The summed E-state index contributed by atoms with van der Waals surface area (Å²) < 4.78 is 31.6. The summed E-state index contributed by atoms with van der Waals surface area (Å²) in [4.78, 5) is 0.250. The Morgan fingerprint density at radius 1 is 1.11 bits per heavy atom. The molecule has 0 unspecified atom stereocenters. The molecule has 148 valence electrons. The number of benzene rings is 2. The number of aryl methyl sites for hydroxylation is 1. The van der Waals surface area contributed by atoms with E-state index in [1.165, 1.54) is 32.1 Å². The zero-order valence-electron chi connectivity index (χ0n) is 15.9. The summed E-state index contributed by atoms with van der Waals surface area (Å²) in [6, 6.07) is 10.7. The van der Waals surface area contributed by atoms with Gasteiger partial charge in [0.15, 0.2) is 0 Å². The average Bonchev–Trinajstić information content (AvgIpc) is 3.06. The van der Waals surface area contributed by atoms with Crippen LogP contribution in [0.1, 0.15) is 37.7 Å². The number of hydrogen-bond donors (Lipinski definition) is 1. The van der Waals surface area contributed by atoms with Gasteiger partial charge in [0.1, 0.15) is 0 Å². The van der Waals surface area contributed by atoms with Gasteiger partial charge in [-0.2, -0.15) is 5.10 Å². The number of fused-ring (bicyclic) bond motifs is 1. The molecule has 3 aromatic rings. The molecule has 0 aliphatic heterocycles. The lowest BCUT2D eigenvalue weighted by atomic mass is 9.84. The second-order valence-electron chi connectivity index (χ2n) is 7.60. The summed E-state index contributed by atoms with van der Waals surface area (Å²) >= 11 is 3.35. The number of hydrogen-bond acceptors (Lipinski definition) is 3. The molecule has 1 saturated carbocycles. The molecule has 1 fully saturated rings. The van der Waals surface area contributed by atoms with Gasteiger partial charge in [-0.25, -0.2) is 8.42 Å². The molecule has 0 atom stereocenters. The Balaban J connectivity index is 1.74. The lowest BCUT2D eigenvalue weighted by Gasteiger charge is -2.23. The van der Waals surface area contributed by atoms with Crippen molar-refractivity contribution in [2.75, 3.05) is 4.72 Å². The van der Waals surface area contributed by atoms with Gasteiger partial charge in [0.2, 0.25) is 0 Å². The van der Waals surface area contributed by atoms with Crippen LogP contribution in [-0.2, 0) is 23.5 Å². The number of rotatable bonds is 5. The first-order valence-corrected chi connectivity index (χ1v) is 11.9. The normalized spacial score (nSPS) is 15.8. The largest absolute Gasteiger partial charge is 0.279 e. The number of nitrogens with one attached hydrogen (secondary N) is 1. The van der Waals surface area contributed by atoms with Gasteiger partial charge in [-0.15, -0.1) is 0 Å². The average molecular weight is 462 g/mol. The van der Waals surface area contributed by atoms with Crippen LogP contribution in [0.2, 0.25) is 0 Å². The van der Waals surface area contributed by atoms with Crippen molar-refractivity contribution in [1.82, 2.24) is 9.78 Å². The van der Waals surface area contributed by atoms with Crippen molar-refractivity contribution in [3.63, 3.8) is 0 Å². The van der Waals surface area contributed by atoms with Gasteiger partial charge in [0.05, 0.1) is 16.1 Å². The molecule has 1 aliphatic rings. The Hall–Kier alpha value is -1.86. The van der Waals surface area contributed by atoms with Gasteiger partial charge in [-0.05, 0) is 48.2 Å². The van der Waals surface area contributed by atoms with Gasteiger partial charge in [0.25, 0.3) is 10.0 Å². The van der Waals surface area contributed by atoms with E-state index in [0.29, 0.717) is 11.6 Å². The number of nitrogens with zero attached hydrogens (tertiary/aromatic N) is 2. The van der Waals surface area contributed by atoms with Crippen LogP contribution in [0.25, 0.3) is 10.9 Å². The fraction of sp³-hybridized carbons (Fsp3) is 0.381. The third-order valence-corrected chi connectivity index (χ3v) is 7.38. The van der Waals surface area contributed by atoms with E-state index >= 15 is 0 Å². The summed E-state index contributed by atoms with van der Waals surface area (Å²) in [7, 11) is -1.83. The fourth-order valence-corrected chi connectivity index (χ4v) is 5.44. The third-order valence-electron chi connectivity index (χ3n) is 5.48. The van der Waals surface area contributed by atoms with Crippen LogP contribution in [0, 0.1) is 5.92 Å². The van der Waals surface area contributed by atoms with Gasteiger partial charge >= 0.3 is 0 Å². The smallest absolute Gasteiger partial charge is 0.261 e. The zero-order chi connectivity index (χ0) is 19.7. The Bertz CT molecular complexity index is 1080. The second kappa shape index (κ2) is 7.87. The molecule has 0 radical (unpaired) electrons. The standard InChI is InChI=1S/C21H24BrN3O2S/c1-25-14-19-20(23-25)12-7-16(13-15-5-3-2-4-6-15)21(19)24-28(26,27)18-10-8-17(22)9-11-18/h7-12,14-15,24H,2-6,13H2,1H3. The van der Waals surface area contributed by atoms with Crippen LogP contribution in [-0.4, -0.2) is 18.2 Å². The molecule has 0 bridgehead atoms. The first-order valence-electron chi connectivity index (χ1n) is 9.66. The van der Waals surface area contributed by atoms with Crippen molar-refractivity contribution < 1.29 is 8.42 Å². The number of halogens is 1. The Kier molecular flexibility index (Phi) is 5.47. The molecular formula is C21H24BrN3O2S. The fourth-order valence-electron chi connectivity index (χ4n) is 4.06. The van der Waals surface area contributed by atoms with Crippen LogP contribution >= 0.6 is 15.9 Å². The lowest BCUT2D eigenvalue weighted by molar-refractivity contribution is 0.357. The summed E-state index contributed by atoms with van der Waals surface area (Å²) in [5.74, 6) is 0.610. The highest BCUT2D eigenvalue weighted by Crippen LogP contribution is 2.34. The minimum Gasteiger partial charge on any atom is -0.279 e. The van der Waals surface area contributed by atoms with Gasteiger partial charge in [-0.1, -0.05) is 54.1 Å². The molecule has 4 rings (SSSR count). The summed E-state index contributed by atoms with van der Waals surface area (Å²) in [6.45, 7) is 0. The highest BCUT2D eigenvalue weighted by Gasteiger charge is 2.22. The second-order valence-corrected chi connectivity index (χ2v) is 10.2. The molecule has 28 heavy (non-hydrogen) atoms. The number of sulfonamides is 1. The minimum atomic E-state index is -3.68. The Morgan fingerprint density at radius 3 is 2.54 bits per heavy atom. The maximum absolute atomic E-state index is 13.1. The Labute approximate surface area is 174 Å². The molecule has 1 aliphatic carbocycles. The molecule has 0 spiro atoms. The summed E-state index contributed by atoms with van der Waals surface area (Å²) in [6.07, 6.45) is 9.04. The third kappa shape index (κ3) is 4.10. The maximum atomic E-state index is 13.1. The van der Waals surface area contributed by atoms with Gasteiger partial charge < -0.3 is 0 Å². The molecule has 0 saturated heterocycles. The van der Waals surface area contributed by atoms with Crippen molar-refractivity contribution in [2.24, 2.45) is 13.0 Å². The van der Waals surface area contributed by atoms with Crippen molar-refractivity contribution in [3.05, 3.63) is 52.6 Å². The van der Waals surface area contributed by atoms with Gasteiger partial charge in [0, 0.05) is 23.1 Å². The van der Waals surface area contributed by atoms with Crippen LogP contribution < -0.4 is 4.72 Å². The van der Waals surface area contributed by atoms with E-state index < -0.39 is 10.0 Å². The van der Waals surface area contributed by atoms with Gasteiger partial charge in [-0.3, -0.25) is 9.40 Å². The number of anilines is 1. The van der Waals surface area contributed by atoms with E-state index in [1.807, 2.05) is 25.4 Å². The highest BCUT2D eigenvalue weighted by atomic mass is 79.9. The lowest BCUT2D eigenvalue weighted by Crippen LogP contribution is -2.16. The molecular weight excluding hydrogens is 438 g/mol. The molecule has 5 nitrogen and oxygen atoms in total. The summed E-state index contributed by atoms with van der Waals surface area (Å²) in [5.41, 5.74) is 2.51. The predicted molar refractivity (Wildman–Crippen MR) is 116 cm³/mol. The van der Waals surface area contributed by atoms with E-state index in [2.05, 4.69) is 25.8 Å². The molecule has 7 heteroatoms. The van der Waals surface area contributed by atoms with Crippen LogP contribution in [0.5, 0.6) is 0 Å². The predicted octanol–water partition coefficient (Wildman–Crippen LogP) is 5.26. The van der Waals surface area contributed by atoms with Crippen LogP contribution in [0.15, 0.2) is 52.0 Å². The first kappa shape index (κ1) is 19.5. The molecule has 1 N–H and O–H groups in total. The molecule has 2 aromatic carbocycles. The molecule has 0 amide bonds. The maximum Gasteiger partial charge on any atom is 0.261 e. The van der Waals surface area contributed by atoms with Crippen molar-refractivity contribution in [1.29, 1.82) is 0 Å². The van der Waals surface area contributed by atoms with E-state index in [4.69, 9.17) is 0 Å².